The van der Waals surface area contributed by atoms with Gasteiger partial charge in [-0.25, -0.2) is 9.78 Å². The molecule has 2 aromatic heterocycles. The second kappa shape index (κ2) is 4.65. The lowest BCUT2D eigenvalue weighted by Crippen LogP contribution is -2.01. The van der Waals surface area contributed by atoms with Crippen LogP contribution in [0.2, 0.25) is 0 Å². The number of hydrogen-bond donors (Lipinski definition) is 0. The minimum absolute atomic E-state index is 0.321. The summed E-state index contributed by atoms with van der Waals surface area (Å²) < 4.78 is 6.68. The molecule has 0 aliphatic carbocycles. The van der Waals surface area contributed by atoms with Crippen molar-refractivity contribution in [2.45, 2.75) is 12.3 Å². The van der Waals surface area contributed by atoms with Crippen LogP contribution in [0, 0.1) is 0 Å². The molecule has 94 valence electrons. The first-order valence-electron chi connectivity index (χ1n) is 5.92. The van der Waals surface area contributed by atoms with Crippen LogP contribution >= 0.6 is 11.8 Å². The Kier molecular flexibility index (Phi) is 2.99. The maximum absolute atomic E-state index is 11.5. The summed E-state index contributed by atoms with van der Waals surface area (Å²) in [7, 11) is 1.39. The predicted molar refractivity (Wildman–Crippen MR) is 71.2 cm³/mol. The van der Waals surface area contributed by atoms with Crippen LogP contribution < -0.4 is 0 Å². The third kappa shape index (κ3) is 1.99. The van der Waals surface area contributed by atoms with Crippen molar-refractivity contribution < 1.29 is 9.53 Å². The molecule has 1 atom stereocenters. The van der Waals surface area contributed by atoms with E-state index in [1.807, 2.05) is 22.4 Å². The molecular formula is C13H14N2O2S. The molecule has 3 rings (SSSR count). The smallest absolute Gasteiger partial charge is 0.338 e. The molecule has 0 radical (unpaired) electrons. The highest BCUT2D eigenvalue weighted by Gasteiger charge is 2.20. The summed E-state index contributed by atoms with van der Waals surface area (Å²) in [4.78, 5) is 16.1. The van der Waals surface area contributed by atoms with Crippen LogP contribution in [-0.2, 0) is 4.74 Å². The molecule has 0 saturated carbocycles. The quantitative estimate of drug-likeness (QED) is 0.779. The average molecular weight is 262 g/mol. The molecule has 1 saturated heterocycles. The fraction of sp³-hybridized carbons (Fsp3) is 0.385. The Labute approximate surface area is 109 Å². The summed E-state index contributed by atoms with van der Waals surface area (Å²) in [6, 6.07) is 3.53. The molecule has 3 heterocycles. The first-order chi connectivity index (χ1) is 8.78. The van der Waals surface area contributed by atoms with Crippen LogP contribution in [0.25, 0.3) is 5.65 Å². The zero-order chi connectivity index (χ0) is 12.5. The minimum atomic E-state index is -0.321. The Bertz CT molecular complexity index is 588. The van der Waals surface area contributed by atoms with Gasteiger partial charge in [-0.05, 0) is 24.3 Å². The van der Waals surface area contributed by atoms with Crippen molar-refractivity contribution in [2.75, 3.05) is 18.6 Å². The summed E-state index contributed by atoms with van der Waals surface area (Å²) in [6.07, 6.45) is 5.12. The fourth-order valence-electron chi connectivity index (χ4n) is 2.21. The monoisotopic (exact) mass is 262 g/mol. The zero-order valence-corrected chi connectivity index (χ0v) is 10.9. The van der Waals surface area contributed by atoms with Crippen LogP contribution in [0.4, 0.5) is 0 Å². The van der Waals surface area contributed by atoms with Crippen molar-refractivity contribution in [1.82, 2.24) is 9.38 Å². The molecule has 5 heteroatoms. The standard InChI is InChI=1S/C13H14N2O2S/c1-17-13(16)9-2-4-15-7-11(14-12(15)6-9)10-3-5-18-8-10/h2,4,6-7,10H,3,5,8H2,1H3. The number of hydrogen-bond acceptors (Lipinski definition) is 4. The highest BCUT2D eigenvalue weighted by Crippen LogP contribution is 2.31. The van der Waals surface area contributed by atoms with Gasteiger partial charge >= 0.3 is 5.97 Å². The Hall–Kier alpha value is -1.49. The van der Waals surface area contributed by atoms with E-state index < -0.39 is 0 Å². The van der Waals surface area contributed by atoms with Crippen molar-refractivity contribution in [3.05, 3.63) is 35.8 Å². The third-order valence-electron chi connectivity index (χ3n) is 3.25. The summed E-state index contributed by atoms with van der Waals surface area (Å²) >= 11 is 1.98. The van der Waals surface area contributed by atoms with Crippen LogP contribution in [-0.4, -0.2) is 34.0 Å². The molecule has 1 fully saturated rings. The highest BCUT2D eigenvalue weighted by molar-refractivity contribution is 7.99. The largest absolute Gasteiger partial charge is 0.465 e. The Morgan fingerprint density at radius 1 is 1.61 bits per heavy atom. The van der Waals surface area contributed by atoms with E-state index in [1.54, 1.807) is 12.1 Å². The van der Waals surface area contributed by atoms with Gasteiger partial charge in [0.2, 0.25) is 0 Å². The molecule has 18 heavy (non-hydrogen) atoms. The summed E-state index contributed by atoms with van der Waals surface area (Å²) in [5.74, 6) is 2.59. The van der Waals surface area contributed by atoms with E-state index >= 15 is 0 Å². The SMILES string of the molecule is COC(=O)c1ccn2cc(C3CCSC3)nc2c1. The van der Waals surface area contributed by atoms with E-state index in [4.69, 9.17) is 4.74 Å². The predicted octanol–water partition coefficient (Wildman–Crippen LogP) is 2.34. The average Bonchev–Trinajstić information content (AvgIpc) is 3.04. The van der Waals surface area contributed by atoms with Gasteiger partial charge in [0, 0.05) is 24.1 Å². The van der Waals surface area contributed by atoms with Gasteiger partial charge in [-0.1, -0.05) is 0 Å². The molecule has 2 aromatic rings. The van der Waals surface area contributed by atoms with Gasteiger partial charge in [0.15, 0.2) is 0 Å². The first-order valence-corrected chi connectivity index (χ1v) is 7.08. The van der Waals surface area contributed by atoms with E-state index in [9.17, 15) is 4.79 Å². The molecule has 0 bridgehead atoms. The summed E-state index contributed by atoms with van der Waals surface area (Å²) in [5.41, 5.74) is 2.48. The van der Waals surface area contributed by atoms with Crippen molar-refractivity contribution in [3.63, 3.8) is 0 Å². The maximum Gasteiger partial charge on any atom is 0.338 e. The van der Waals surface area contributed by atoms with Crippen LogP contribution in [0.5, 0.6) is 0 Å². The summed E-state index contributed by atoms with van der Waals surface area (Å²) in [6.45, 7) is 0. The third-order valence-corrected chi connectivity index (χ3v) is 4.41. The highest BCUT2D eigenvalue weighted by atomic mass is 32.2. The van der Waals surface area contributed by atoms with Gasteiger partial charge in [-0.2, -0.15) is 11.8 Å². The van der Waals surface area contributed by atoms with Crippen LogP contribution in [0.15, 0.2) is 24.5 Å². The second-order valence-electron chi connectivity index (χ2n) is 4.40. The zero-order valence-electron chi connectivity index (χ0n) is 10.1. The van der Waals surface area contributed by atoms with E-state index in [-0.39, 0.29) is 5.97 Å². The summed E-state index contributed by atoms with van der Waals surface area (Å²) in [5, 5.41) is 0. The van der Waals surface area contributed by atoms with Gasteiger partial charge in [-0.3, -0.25) is 0 Å². The molecule has 0 N–H and O–H groups in total. The number of nitrogens with zero attached hydrogens (tertiary/aromatic N) is 2. The normalized spacial score (nSPS) is 19.3. The molecule has 4 nitrogen and oxygen atoms in total. The van der Waals surface area contributed by atoms with Crippen molar-refractivity contribution in [3.8, 4) is 0 Å². The first kappa shape index (κ1) is 11.6. The van der Waals surface area contributed by atoms with Crippen molar-refractivity contribution in [2.24, 2.45) is 0 Å². The Balaban J connectivity index is 1.98. The molecule has 0 spiro atoms. The van der Waals surface area contributed by atoms with Crippen LogP contribution in [0.1, 0.15) is 28.4 Å². The number of thioether (sulfide) groups is 1. The number of carbonyl (C=O) groups excluding carboxylic acids is 1. The van der Waals surface area contributed by atoms with Gasteiger partial charge in [-0.15, -0.1) is 0 Å². The number of ether oxygens (including phenoxy) is 1. The number of aromatic nitrogens is 2. The molecule has 1 unspecified atom stereocenters. The van der Waals surface area contributed by atoms with Crippen molar-refractivity contribution >= 4 is 23.4 Å². The van der Waals surface area contributed by atoms with E-state index in [0.717, 1.165) is 17.1 Å². The topological polar surface area (TPSA) is 43.6 Å². The fourth-order valence-corrected chi connectivity index (χ4v) is 3.45. The molecule has 0 aromatic carbocycles. The van der Waals surface area contributed by atoms with E-state index in [0.29, 0.717) is 11.5 Å². The minimum Gasteiger partial charge on any atom is -0.465 e. The number of imidazole rings is 1. The number of rotatable bonds is 2. The number of fused-ring (bicyclic) bond motifs is 1. The van der Waals surface area contributed by atoms with Gasteiger partial charge in [0.25, 0.3) is 0 Å². The molecular weight excluding hydrogens is 248 g/mol. The maximum atomic E-state index is 11.5. The number of pyridine rings is 1. The van der Waals surface area contributed by atoms with Gasteiger partial charge in [0.05, 0.1) is 18.4 Å². The van der Waals surface area contributed by atoms with Gasteiger partial charge in [0.1, 0.15) is 5.65 Å². The lowest BCUT2D eigenvalue weighted by Gasteiger charge is -2.01. The number of carbonyl (C=O) groups is 1. The van der Waals surface area contributed by atoms with E-state index in [1.165, 1.54) is 19.3 Å². The molecule has 1 aliphatic rings. The lowest BCUT2D eigenvalue weighted by molar-refractivity contribution is 0.0600. The number of methoxy groups -OCH3 is 1. The second-order valence-corrected chi connectivity index (χ2v) is 5.55. The van der Waals surface area contributed by atoms with Crippen LogP contribution in [0.3, 0.4) is 0 Å². The lowest BCUT2D eigenvalue weighted by atomic mass is 10.1. The molecule has 0 amide bonds. The van der Waals surface area contributed by atoms with Crippen molar-refractivity contribution in [1.29, 1.82) is 0 Å². The Morgan fingerprint density at radius 3 is 3.22 bits per heavy atom. The molecule has 1 aliphatic heterocycles. The van der Waals surface area contributed by atoms with Gasteiger partial charge < -0.3 is 9.14 Å². The Morgan fingerprint density at radius 2 is 2.50 bits per heavy atom. The van der Waals surface area contributed by atoms with E-state index in [2.05, 4.69) is 11.2 Å². The number of esters is 1.